The van der Waals surface area contributed by atoms with E-state index in [2.05, 4.69) is 35.3 Å². The molecule has 9 nitrogen and oxygen atoms in total. The zero-order valence-corrected chi connectivity index (χ0v) is 16.3. The molecule has 0 aromatic carbocycles. The van der Waals surface area contributed by atoms with Gasteiger partial charge in [-0.25, -0.2) is 9.97 Å². The van der Waals surface area contributed by atoms with E-state index in [9.17, 15) is 4.79 Å². The predicted molar refractivity (Wildman–Crippen MR) is 107 cm³/mol. The van der Waals surface area contributed by atoms with Gasteiger partial charge >= 0.3 is 0 Å². The Kier molecular flexibility index (Phi) is 5.49. The van der Waals surface area contributed by atoms with E-state index in [1.54, 1.807) is 17.9 Å². The van der Waals surface area contributed by atoms with Crippen molar-refractivity contribution in [2.24, 2.45) is 0 Å². The van der Waals surface area contributed by atoms with Crippen LogP contribution in [0.15, 0.2) is 36.1 Å². The first kappa shape index (κ1) is 18.4. The number of rotatable bonds is 5. The van der Waals surface area contributed by atoms with Crippen molar-refractivity contribution >= 4 is 28.2 Å². The van der Waals surface area contributed by atoms with Gasteiger partial charge in [0.1, 0.15) is 11.3 Å². The Bertz CT molecular complexity index is 926. The highest BCUT2D eigenvalue weighted by atomic mass is 32.1. The van der Waals surface area contributed by atoms with E-state index in [-0.39, 0.29) is 5.91 Å². The molecule has 3 aromatic heterocycles. The molecule has 1 aliphatic rings. The first-order valence-corrected chi connectivity index (χ1v) is 9.85. The van der Waals surface area contributed by atoms with E-state index in [0.29, 0.717) is 17.5 Å². The van der Waals surface area contributed by atoms with Gasteiger partial charge in [0.25, 0.3) is 0 Å². The van der Waals surface area contributed by atoms with Crippen LogP contribution in [0.1, 0.15) is 5.69 Å². The molecular weight excluding hydrogens is 376 g/mol. The number of aromatic nitrogens is 5. The Morgan fingerprint density at radius 3 is 2.82 bits per heavy atom. The van der Waals surface area contributed by atoms with Crippen molar-refractivity contribution in [2.45, 2.75) is 6.92 Å². The van der Waals surface area contributed by atoms with Gasteiger partial charge in [-0.2, -0.15) is 0 Å². The van der Waals surface area contributed by atoms with Crippen LogP contribution in [-0.4, -0.2) is 68.7 Å². The minimum atomic E-state index is -0.0676. The number of hydrogen-bond acceptors (Lipinski definition) is 9. The van der Waals surface area contributed by atoms with Crippen LogP contribution < -0.4 is 10.2 Å². The quantitative estimate of drug-likeness (QED) is 0.692. The fourth-order valence-electron chi connectivity index (χ4n) is 3.06. The van der Waals surface area contributed by atoms with E-state index in [0.717, 1.165) is 43.3 Å². The number of hydrogen-bond donors (Lipinski definition) is 1. The van der Waals surface area contributed by atoms with E-state index in [4.69, 9.17) is 4.98 Å². The standard InChI is InChI=1S/C18H20N8OS/c1-13-9-15(22-17(21-13)14-3-2-4-19-10-14)26-7-5-25(6-8-26)11-16(27)23-18-24-20-12-28-18/h2-4,9-10,12H,5-8,11H2,1H3,(H,23,24,27). The fraction of sp³-hybridized carbons (Fsp3) is 0.333. The third kappa shape index (κ3) is 4.46. The van der Waals surface area contributed by atoms with Crippen LogP contribution in [-0.2, 0) is 4.79 Å². The van der Waals surface area contributed by atoms with Crippen LogP contribution in [0.5, 0.6) is 0 Å². The molecule has 1 aliphatic heterocycles. The topological polar surface area (TPSA) is 100 Å². The molecule has 28 heavy (non-hydrogen) atoms. The number of nitrogens with zero attached hydrogens (tertiary/aromatic N) is 7. The van der Waals surface area contributed by atoms with Crippen molar-refractivity contribution < 1.29 is 4.79 Å². The minimum absolute atomic E-state index is 0.0676. The molecule has 0 atom stereocenters. The number of piperazine rings is 1. The number of aryl methyl sites for hydroxylation is 1. The number of carbonyl (C=O) groups excluding carboxylic acids is 1. The first-order valence-electron chi connectivity index (χ1n) is 8.97. The van der Waals surface area contributed by atoms with Gasteiger partial charge in [-0.05, 0) is 19.1 Å². The summed E-state index contributed by atoms with van der Waals surface area (Å²) in [6.07, 6.45) is 3.51. The summed E-state index contributed by atoms with van der Waals surface area (Å²) >= 11 is 1.31. The maximum absolute atomic E-state index is 12.1. The van der Waals surface area contributed by atoms with Crippen molar-refractivity contribution in [3.8, 4) is 11.4 Å². The molecule has 144 valence electrons. The molecule has 0 radical (unpaired) electrons. The van der Waals surface area contributed by atoms with Crippen molar-refractivity contribution in [2.75, 3.05) is 42.9 Å². The molecule has 0 saturated carbocycles. The molecule has 1 N–H and O–H groups in total. The second-order valence-corrected chi connectivity index (χ2v) is 7.32. The Hall–Kier alpha value is -2.98. The molecule has 0 bridgehead atoms. The summed E-state index contributed by atoms with van der Waals surface area (Å²) in [5.41, 5.74) is 3.42. The highest BCUT2D eigenvalue weighted by Crippen LogP contribution is 2.20. The maximum atomic E-state index is 12.1. The number of amides is 1. The maximum Gasteiger partial charge on any atom is 0.240 e. The molecule has 0 unspecified atom stereocenters. The van der Waals surface area contributed by atoms with Crippen LogP contribution >= 0.6 is 11.3 Å². The summed E-state index contributed by atoms with van der Waals surface area (Å²) in [4.78, 5) is 29.9. The molecule has 0 spiro atoms. The average Bonchev–Trinajstić information content (AvgIpc) is 3.21. The number of carbonyl (C=O) groups is 1. The predicted octanol–water partition coefficient (Wildman–Crippen LogP) is 1.46. The van der Waals surface area contributed by atoms with Gasteiger partial charge in [-0.15, -0.1) is 10.2 Å². The molecule has 3 aromatic rings. The molecule has 10 heteroatoms. The zero-order valence-electron chi connectivity index (χ0n) is 15.4. The van der Waals surface area contributed by atoms with Crippen LogP contribution in [0.4, 0.5) is 10.9 Å². The summed E-state index contributed by atoms with van der Waals surface area (Å²) in [7, 11) is 0. The third-order valence-electron chi connectivity index (χ3n) is 4.43. The average molecular weight is 396 g/mol. The monoisotopic (exact) mass is 396 g/mol. The lowest BCUT2D eigenvalue weighted by atomic mass is 10.2. The fourth-order valence-corrected chi connectivity index (χ4v) is 3.52. The first-order chi connectivity index (χ1) is 13.7. The van der Waals surface area contributed by atoms with Gasteiger partial charge < -0.3 is 4.90 Å². The third-order valence-corrected chi connectivity index (χ3v) is 5.04. The van der Waals surface area contributed by atoms with Crippen molar-refractivity contribution in [3.05, 3.63) is 41.8 Å². The van der Waals surface area contributed by atoms with E-state index < -0.39 is 0 Å². The van der Waals surface area contributed by atoms with Gasteiger partial charge in [0, 0.05) is 55.9 Å². The molecule has 0 aliphatic carbocycles. The normalized spacial score (nSPS) is 14.8. The van der Waals surface area contributed by atoms with Crippen LogP contribution in [0.2, 0.25) is 0 Å². The highest BCUT2D eigenvalue weighted by molar-refractivity contribution is 7.13. The molecular formula is C18H20N8OS. The van der Waals surface area contributed by atoms with Gasteiger partial charge in [-0.1, -0.05) is 11.3 Å². The Labute approximate surface area is 166 Å². The number of nitrogens with one attached hydrogen (secondary N) is 1. The molecule has 1 fully saturated rings. The zero-order chi connectivity index (χ0) is 19.3. The number of anilines is 2. The lowest BCUT2D eigenvalue weighted by molar-refractivity contribution is -0.117. The van der Waals surface area contributed by atoms with Crippen LogP contribution in [0.25, 0.3) is 11.4 Å². The molecule has 4 rings (SSSR count). The summed E-state index contributed by atoms with van der Waals surface area (Å²) in [6.45, 7) is 5.49. The molecule has 1 amide bonds. The SMILES string of the molecule is Cc1cc(N2CCN(CC(=O)Nc3nncs3)CC2)nc(-c2cccnc2)n1. The van der Waals surface area contributed by atoms with Crippen molar-refractivity contribution in [1.29, 1.82) is 0 Å². The summed E-state index contributed by atoms with van der Waals surface area (Å²) < 4.78 is 0. The minimum Gasteiger partial charge on any atom is -0.354 e. The smallest absolute Gasteiger partial charge is 0.240 e. The Morgan fingerprint density at radius 1 is 1.25 bits per heavy atom. The van der Waals surface area contributed by atoms with Gasteiger partial charge in [0.05, 0.1) is 6.54 Å². The second-order valence-electron chi connectivity index (χ2n) is 6.49. The van der Waals surface area contributed by atoms with E-state index >= 15 is 0 Å². The summed E-state index contributed by atoms with van der Waals surface area (Å²) in [6, 6.07) is 5.84. The van der Waals surface area contributed by atoms with Gasteiger partial charge in [0.2, 0.25) is 11.0 Å². The molecule has 4 heterocycles. The van der Waals surface area contributed by atoms with Crippen LogP contribution in [0.3, 0.4) is 0 Å². The Balaban J connectivity index is 1.37. The van der Waals surface area contributed by atoms with E-state index in [1.807, 2.05) is 25.1 Å². The lowest BCUT2D eigenvalue weighted by Crippen LogP contribution is -2.49. The van der Waals surface area contributed by atoms with Crippen LogP contribution in [0, 0.1) is 6.92 Å². The molecule has 1 saturated heterocycles. The lowest BCUT2D eigenvalue weighted by Gasteiger charge is -2.35. The van der Waals surface area contributed by atoms with Crippen molar-refractivity contribution in [3.63, 3.8) is 0 Å². The summed E-state index contributed by atoms with van der Waals surface area (Å²) in [5.74, 6) is 1.52. The number of pyridine rings is 1. The highest BCUT2D eigenvalue weighted by Gasteiger charge is 2.21. The largest absolute Gasteiger partial charge is 0.354 e. The second kappa shape index (κ2) is 8.36. The Morgan fingerprint density at radius 2 is 2.11 bits per heavy atom. The van der Waals surface area contributed by atoms with Crippen molar-refractivity contribution in [1.82, 2.24) is 30.0 Å². The van der Waals surface area contributed by atoms with Gasteiger partial charge in [0.15, 0.2) is 5.82 Å². The summed E-state index contributed by atoms with van der Waals surface area (Å²) in [5, 5.41) is 10.9. The van der Waals surface area contributed by atoms with Gasteiger partial charge in [-0.3, -0.25) is 20.0 Å². The van der Waals surface area contributed by atoms with E-state index in [1.165, 1.54) is 11.3 Å².